The number of hydrogen-bond acceptors (Lipinski definition) is 1. The van der Waals surface area contributed by atoms with Gasteiger partial charge in [-0.2, -0.15) is 0 Å². The molecule has 0 saturated heterocycles. The second kappa shape index (κ2) is 4.84. The van der Waals surface area contributed by atoms with E-state index in [1.165, 1.54) is 3.57 Å². The summed E-state index contributed by atoms with van der Waals surface area (Å²) in [6, 6.07) is 8.22. The molecule has 0 spiro atoms. The largest absolute Gasteiger partial charge is 0.489 e. The van der Waals surface area contributed by atoms with Gasteiger partial charge in [0, 0.05) is 10.2 Å². The van der Waals surface area contributed by atoms with Gasteiger partial charge in [-0.3, -0.25) is 0 Å². The lowest BCUT2D eigenvalue weighted by atomic mass is 9.65. The topological polar surface area (TPSA) is 9.23 Å². The molecule has 1 saturated carbocycles. The molecule has 0 aromatic heterocycles. The van der Waals surface area contributed by atoms with Crippen molar-refractivity contribution in [2.45, 2.75) is 37.6 Å². The number of rotatable bonds is 3. The molecule has 2 rings (SSSR count). The van der Waals surface area contributed by atoms with Crippen molar-refractivity contribution in [2.24, 2.45) is 5.41 Å². The van der Waals surface area contributed by atoms with Gasteiger partial charge in [0.05, 0.1) is 3.57 Å². The van der Waals surface area contributed by atoms with E-state index in [0.717, 1.165) is 18.6 Å². The van der Waals surface area contributed by atoms with Crippen molar-refractivity contribution in [1.82, 2.24) is 0 Å². The van der Waals surface area contributed by atoms with Gasteiger partial charge >= 0.3 is 0 Å². The van der Waals surface area contributed by atoms with E-state index in [9.17, 15) is 0 Å². The minimum absolute atomic E-state index is 0.277. The average molecular weight is 395 g/mol. The Hall–Kier alpha value is 0.230. The lowest BCUT2D eigenvalue weighted by Crippen LogP contribution is -2.54. The van der Waals surface area contributed by atoms with Crippen LogP contribution >= 0.6 is 38.5 Å². The Bertz CT molecular complexity index is 382. The molecule has 3 unspecified atom stereocenters. The third kappa shape index (κ3) is 2.13. The SMILES string of the molecule is CCC1(C)C(Br)CC1Oc1ccccc1I. The fourth-order valence-electron chi connectivity index (χ4n) is 2.09. The molecule has 1 aromatic rings. The third-order valence-corrected chi connectivity index (χ3v) is 6.05. The van der Waals surface area contributed by atoms with Crippen molar-refractivity contribution >= 4 is 38.5 Å². The van der Waals surface area contributed by atoms with Crippen LogP contribution in [0.4, 0.5) is 0 Å². The summed E-state index contributed by atoms with van der Waals surface area (Å²) >= 11 is 6.06. The van der Waals surface area contributed by atoms with Crippen LogP contribution in [-0.4, -0.2) is 10.9 Å². The Balaban J connectivity index is 2.10. The summed E-state index contributed by atoms with van der Waals surface area (Å²) in [5.41, 5.74) is 0.277. The molecule has 1 fully saturated rings. The summed E-state index contributed by atoms with van der Waals surface area (Å²) in [4.78, 5) is 0.594. The predicted octanol–water partition coefficient (Wildman–Crippen LogP) is 4.62. The maximum Gasteiger partial charge on any atom is 0.133 e. The van der Waals surface area contributed by atoms with Crippen LogP contribution in [0.2, 0.25) is 0 Å². The molecular formula is C13H16BrIO. The normalized spacial score (nSPS) is 33.2. The van der Waals surface area contributed by atoms with Crippen LogP contribution in [0.15, 0.2) is 24.3 Å². The van der Waals surface area contributed by atoms with Crippen LogP contribution < -0.4 is 4.74 Å². The molecule has 0 bridgehead atoms. The lowest BCUT2D eigenvalue weighted by molar-refractivity contribution is -0.0248. The zero-order chi connectivity index (χ0) is 11.8. The molecule has 1 aromatic carbocycles. The highest BCUT2D eigenvalue weighted by molar-refractivity contribution is 14.1. The number of hydrogen-bond donors (Lipinski definition) is 0. The van der Waals surface area contributed by atoms with E-state index < -0.39 is 0 Å². The van der Waals surface area contributed by atoms with E-state index in [-0.39, 0.29) is 5.41 Å². The minimum Gasteiger partial charge on any atom is -0.489 e. The molecule has 0 N–H and O–H groups in total. The first-order chi connectivity index (χ1) is 7.58. The van der Waals surface area contributed by atoms with E-state index in [2.05, 4.69) is 64.5 Å². The Morgan fingerprint density at radius 3 is 2.75 bits per heavy atom. The summed E-state index contributed by atoms with van der Waals surface area (Å²) in [5, 5.41) is 0. The van der Waals surface area contributed by atoms with Gasteiger partial charge in [-0.25, -0.2) is 0 Å². The Morgan fingerprint density at radius 2 is 2.19 bits per heavy atom. The molecule has 3 atom stereocenters. The maximum absolute atomic E-state index is 6.12. The Morgan fingerprint density at radius 1 is 1.50 bits per heavy atom. The van der Waals surface area contributed by atoms with Gasteiger partial charge < -0.3 is 4.74 Å². The number of benzene rings is 1. The van der Waals surface area contributed by atoms with Gasteiger partial charge in [-0.1, -0.05) is 41.9 Å². The van der Waals surface area contributed by atoms with Gasteiger partial charge in [0.15, 0.2) is 0 Å². The Labute approximate surface area is 119 Å². The molecule has 88 valence electrons. The van der Waals surface area contributed by atoms with Gasteiger partial charge in [0.1, 0.15) is 11.9 Å². The summed E-state index contributed by atoms with van der Waals surface area (Å²) < 4.78 is 7.31. The fraction of sp³-hybridized carbons (Fsp3) is 0.538. The van der Waals surface area contributed by atoms with E-state index in [0.29, 0.717) is 10.9 Å². The van der Waals surface area contributed by atoms with Gasteiger partial charge in [-0.05, 0) is 47.6 Å². The van der Waals surface area contributed by atoms with Crippen molar-refractivity contribution < 1.29 is 4.74 Å². The molecule has 1 nitrogen and oxygen atoms in total. The van der Waals surface area contributed by atoms with E-state index in [1.54, 1.807) is 0 Å². The molecule has 1 aliphatic rings. The first kappa shape index (κ1) is 12.7. The predicted molar refractivity (Wildman–Crippen MR) is 79.3 cm³/mol. The first-order valence-corrected chi connectivity index (χ1v) is 7.62. The highest BCUT2D eigenvalue weighted by atomic mass is 127. The van der Waals surface area contributed by atoms with Crippen molar-refractivity contribution in [3.63, 3.8) is 0 Å². The van der Waals surface area contributed by atoms with Crippen molar-refractivity contribution in [3.8, 4) is 5.75 Å². The summed E-state index contributed by atoms with van der Waals surface area (Å²) in [5.74, 6) is 1.02. The smallest absolute Gasteiger partial charge is 0.133 e. The molecular weight excluding hydrogens is 379 g/mol. The molecule has 16 heavy (non-hydrogen) atoms. The zero-order valence-electron chi connectivity index (χ0n) is 9.54. The standard InChI is InChI=1S/C13H16BrIO/c1-3-13(2)11(14)8-12(13)16-10-7-5-4-6-9(10)15/h4-7,11-12H,3,8H2,1-2H3. The highest BCUT2D eigenvalue weighted by Crippen LogP contribution is 2.50. The summed E-state index contributed by atoms with van der Waals surface area (Å²) in [7, 11) is 0. The fourth-order valence-corrected chi connectivity index (χ4v) is 3.57. The zero-order valence-corrected chi connectivity index (χ0v) is 13.3. The van der Waals surface area contributed by atoms with Gasteiger partial charge in [-0.15, -0.1) is 0 Å². The molecule has 0 amide bonds. The summed E-state index contributed by atoms with van der Waals surface area (Å²) in [6.45, 7) is 4.54. The quantitative estimate of drug-likeness (QED) is 0.536. The number of halogens is 2. The number of ether oxygens (including phenoxy) is 1. The highest BCUT2D eigenvalue weighted by Gasteiger charge is 2.50. The van der Waals surface area contributed by atoms with E-state index >= 15 is 0 Å². The van der Waals surface area contributed by atoms with Crippen LogP contribution in [0.1, 0.15) is 26.7 Å². The van der Waals surface area contributed by atoms with Crippen LogP contribution in [0.25, 0.3) is 0 Å². The first-order valence-electron chi connectivity index (χ1n) is 5.63. The van der Waals surface area contributed by atoms with Crippen molar-refractivity contribution in [2.75, 3.05) is 0 Å². The molecule has 0 radical (unpaired) electrons. The second-order valence-corrected chi connectivity index (χ2v) is 6.87. The number of para-hydroxylation sites is 1. The molecule has 0 aliphatic heterocycles. The van der Waals surface area contributed by atoms with Crippen molar-refractivity contribution in [3.05, 3.63) is 27.8 Å². The van der Waals surface area contributed by atoms with Crippen LogP contribution in [0, 0.1) is 8.99 Å². The van der Waals surface area contributed by atoms with E-state index in [4.69, 9.17) is 4.74 Å². The monoisotopic (exact) mass is 394 g/mol. The average Bonchev–Trinajstić information content (AvgIpc) is 2.30. The summed E-state index contributed by atoms with van der Waals surface area (Å²) in [6.07, 6.45) is 2.60. The van der Waals surface area contributed by atoms with Crippen LogP contribution in [0.3, 0.4) is 0 Å². The van der Waals surface area contributed by atoms with Crippen LogP contribution in [0.5, 0.6) is 5.75 Å². The Kier molecular flexibility index (Phi) is 3.84. The minimum atomic E-state index is 0.277. The third-order valence-electron chi connectivity index (χ3n) is 3.74. The second-order valence-electron chi connectivity index (χ2n) is 4.60. The van der Waals surface area contributed by atoms with E-state index in [1.807, 2.05) is 12.1 Å². The maximum atomic E-state index is 6.12. The molecule has 3 heteroatoms. The van der Waals surface area contributed by atoms with Crippen molar-refractivity contribution in [1.29, 1.82) is 0 Å². The molecule has 0 heterocycles. The van der Waals surface area contributed by atoms with Gasteiger partial charge in [0.2, 0.25) is 0 Å². The van der Waals surface area contributed by atoms with Crippen LogP contribution in [-0.2, 0) is 0 Å². The number of alkyl halides is 1. The molecule has 1 aliphatic carbocycles. The van der Waals surface area contributed by atoms with Gasteiger partial charge in [0.25, 0.3) is 0 Å². The lowest BCUT2D eigenvalue weighted by Gasteiger charge is -2.50.